The smallest absolute Gasteiger partial charge is 0.325 e. The summed E-state index contributed by atoms with van der Waals surface area (Å²) in [4.78, 5) is 54.5. The van der Waals surface area contributed by atoms with Gasteiger partial charge in [0.05, 0.1) is 42.6 Å². The summed E-state index contributed by atoms with van der Waals surface area (Å²) in [5.41, 5.74) is 1.46. The lowest BCUT2D eigenvalue weighted by atomic mass is 10.1. The third-order valence-electron chi connectivity index (χ3n) is 6.80. The average Bonchev–Trinajstić information content (AvgIpc) is 3.17. The van der Waals surface area contributed by atoms with Gasteiger partial charge in [-0.15, -0.1) is 0 Å². The molecule has 3 amide bonds. The number of nitrogens with zero attached hydrogens (tertiary/aromatic N) is 2. The molecule has 39 heavy (non-hydrogen) atoms. The van der Waals surface area contributed by atoms with Gasteiger partial charge in [-0.25, -0.2) is 5.09 Å². The van der Waals surface area contributed by atoms with E-state index in [2.05, 4.69) is 5.09 Å². The standard InChI is InChI=1S/C28H34N3O7P/c1-3-37-25(32)18-30-16-10-15-24(28(30)35)29-39(36,38-4-2)19-21(17-20-11-6-5-7-12-20)31-26(33)22-13-8-9-14-23(22)27(31)34/h5-9,11-14,21,24H,3-4,10,15-19H2,1-2H3,(H,29,36)/t21?,24-,39?/m0/s1. The molecule has 2 aromatic rings. The second kappa shape index (κ2) is 12.7. The van der Waals surface area contributed by atoms with Crippen LogP contribution < -0.4 is 5.09 Å². The minimum Gasteiger partial charge on any atom is -0.465 e. The second-order valence-corrected chi connectivity index (χ2v) is 11.8. The molecule has 208 valence electrons. The van der Waals surface area contributed by atoms with Crippen molar-refractivity contribution in [1.29, 1.82) is 0 Å². The topological polar surface area (TPSA) is 122 Å². The van der Waals surface area contributed by atoms with Crippen LogP contribution >= 0.6 is 7.52 Å². The molecular weight excluding hydrogens is 521 g/mol. The first-order valence-corrected chi connectivity index (χ1v) is 15.0. The van der Waals surface area contributed by atoms with E-state index in [-0.39, 0.29) is 38.2 Å². The van der Waals surface area contributed by atoms with E-state index < -0.39 is 37.4 Å². The molecule has 2 heterocycles. The summed E-state index contributed by atoms with van der Waals surface area (Å²) in [7, 11) is -3.75. The predicted molar refractivity (Wildman–Crippen MR) is 144 cm³/mol. The SMILES string of the molecule is CCOC(=O)CN1CCC[C@H](NP(=O)(CC(Cc2ccccc2)N2C(=O)c3ccccc3C2=O)OCC)C1=O. The first-order chi connectivity index (χ1) is 18.8. The van der Waals surface area contributed by atoms with E-state index in [0.29, 0.717) is 30.5 Å². The molecule has 0 bridgehead atoms. The quantitative estimate of drug-likeness (QED) is 0.241. The Kier molecular flexibility index (Phi) is 9.32. The van der Waals surface area contributed by atoms with Gasteiger partial charge in [0.2, 0.25) is 5.91 Å². The van der Waals surface area contributed by atoms with Crippen LogP contribution in [-0.2, 0) is 29.8 Å². The van der Waals surface area contributed by atoms with Crippen LogP contribution in [0.25, 0.3) is 0 Å². The summed E-state index contributed by atoms with van der Waals surface area (Å²) in [6, 6.07) is 14.3. The Hall–Kier alpha value is -3.33. The van der Waals surface area contributed by atoms with Gasteiger partial charge in [-0.3, -0.25) is 28.6 Å². The fourth-order valence-corrected chi connectivity index (χ4v) is 7.37. The molecule has 1 saturated heterocycles. The maximum absolute atomic E-state index is 14.3. The lowest BCUT2D eigenvalue weighted by molar-refractivity contribution is -0.150. The number of piperidine rings is 1. The number of hydrogen-bond donors (Lipinski definition) is 1. The average molecular weight is 556 g/mol. The minimum atomic E-state index is -3.75. The normalized spacial score (nSPS) is 19.5. The maximum atomic E-state index is 14.3. The summed E-state index contributed by atoms with van der Waals surface area (Å²) in [5, 5.41) is 2.95. The number of amides is 3. The molecule has 1 fully saturated rings. The van der Waals surface area contributed by atoms with Gasteiger partial charge in [-0.05, 0) is 50.8 Å². The summed E-state index contributed by atoms with van der Waals surface area (Å²) < 4.78 is 25.0. The molecular formula is C28H34N3O7P. The zero-order chi connectivity index (χ0) is 28.0. The van der Waals surface area contributed by atoms with Gasteiger partial charge < -0.3 is 14.2 Å². The maximum Gasteiger partial charge on any atom is 0.325 e. The van der Waals surface area contributed by atoms with Crippen LogP contribution in [0.3, 0.4) is 0 Å². The first-order valence-electron chi connectivity index (χ1n) is 13.2. The zero-order valence-corrected chi connectivity index (χ0v) is 23.1. The molecule has 0 radical (unpaired) electrons. The molecule has 1 N–H and O–H groups in total. The molecule has 0 spiro atoms. The van der Waals surface area contributed by atoms with Gasteiger partial charge in [0.25, 0.3) is 19.3 Å². The Morgan fingerprint density at radius 1 is 1.00 bits per heavy atom. The highest BCUT2D eigenvalue weighted by atomic mass is 31.2. The van der Waals surface area contributed by atoms with Crippen LogP contribution in [0.1, 0.15) is 53.0 Å². The summed E-state index contributed by atoms with van der Waals surface area (Å²) in [5.74, 6) is -1.77. The number of likely N-dealkylation sites (tertiary alicyclic amines) is 1. The van der Waals surface area contributed by atoms with Gasteiger partial charge in [-0.2, -0.15) is 0 Å². The lowest BCUT2D eigenvalue weighted by Gasteiger charge is -2.35. The first kappa shape index (κ1) is 28.7. The Labute approximate surface area is 228 Å². The van der Waals surface area contributed by atoms with Crippen molar-refractivity contribution in [3.8, 4) is 0 Å². The Morgan fingerprint density at radius 3 is 2.26 bits per heavy atom. The third kappa shape index (κ3) is 6.64. The van der Waals surface area contributed by atoms with E-state index in [1.54, 1.807) is 38.1 Å². The van der Waals surface area contributed by atoms with Crippen molar-refractivity contribution in [3.63, 3.8) is 0 Å². The van der Waals surface area contributed by atoms with Crippen LogP contribution in [0.4, 0.5) is 0 Å². The van der Waals surface area contributed by atoms with Crippen molar-refractivity contribution in [2.24, 2.45) is 0 Å². The van der Waals surface area contributed by atoms with Gasteiger partial charge in [0.15, 0.2) is 0 Å². The van der Waals surface area contributed by atoms with Crippen molar-refractivity contribution in [2.75, 3.05) is 32.5 Å². The van der Waals surface area contributed by atoms with Crippen LogP contribution in [0.15, 0.2) is 54.6 Å². The number of rotatable bonds is 12. The summed E-state index contributed by atoms with van der Waals surface area (Å²) in [6.45, 7) is 3.90. The Balaban J connectivity index is 1.59. The number of nitrogens with one attached hydrogen (secondary N) is 1. The largest absolute Gasteiger partial charge is 0.465 e. The monoisotopic (exact) mass is 555 g/mol. The van der Waals surface area contributed by atoms with Gasteiger partial charge in [0, 0.05) is 6.54 Å². The van der Waals surface area contributed by atoms with Crippen molar-refractivity contribution in [1.82, 2.24) is 14.9 Å². The van der Waals surface area contributed by atoms with Crippen molar-refractivity contribution in [3.05, 3.63) is 71.3 Å². The van der Waals surface area contributed by atoms with E-state index in [1.807, 2.05) is 30.3 Å². The number of fused-ring (bicyclic) bond motifs is 1. The highest BCUT2D eigenvalue weighted by molar-refractivity contribution is 7.57. The molecule has 0 aromatic heterocycles. The molecule has 0 aliphatic carbocycles. The molecule has 3 atom stereocenters. The number of carbonyl (C=O) groups is 4. The van der Waals surface area contributed by atoms with Crippen molar-refractivity contribution in [2.45, 2.75) is 45.2 Å². The summed E-state index contributed by atoms with van der Waals surface area (Å²) in [6.07, 6.45) is 1.09. The number of carbonyl (C=O) groups excluding carboxylic acids is 4. The van der Waals surface area contributed by atoms with Crippen LogP contribution in [-0.4, -0.2) is 78.0 Å². The van der Waals surface area contributed by atoms with Gasteiger partial charge in [0.1, 0.15) is 6.54 Å². The number of esters is 1. The third-order valence-corrected chi connectivity index (χ3v) is 9.08. The molecule has 2 aliphatic rings. The van der Waals surface area contributed by atoms with E-state index in [9.17, 15) is 23.7 Å². The molecule has 2 aromatic carbocycles. The van der Waals surface area contributed by atoms with Crippen LogP contribution in [0.2, 0.25) is 0 Å². The van der Waals surface area contributed by atoms with Crippen molar-refractivity contribution >= 4 is 31.2 Å². The lowest BCUT2D eigenvalue weighted by Crippen LogP contribution is -2.52. The molecule has 0 saturated carbocycles. The van der Waals surface area contributed by atoms with E-state index in [0.717, 1.165) is 5.56 Å². The fraction of sp³-hybridized carbons (Fsp3) is 0.429. The number of benzene rings is 2. The molecule has 11 heteroatoms. The number of imide groups is 1. The van der Waals surface area contributed by atoms with Crippen LogP contribution in [0, 0.1) is 0 Å². The van der Waals surface area contributed by atoms with Gasteiger partial charge >= 0.3 is 5.97 Å². The summed E-state index contributed by atoms with van der Waals surface area (Å²) >= 11 is 0. The Morgan fingerprint density at radius 2 is 1.64 bits per heavy atom. The van der Waals surface area contributed by atoms with E-state index >= 15 is 0 Å². The highest BCUT2D eigenvalue weighted by Crippen LogP contribution is 2.46. The zero-order valence-electron chi connectivity index (χ0n) is 22.2. The van der Waals surface area contributed by atoms with Gasteiger partial charge in [-0.1, -0.05) is 42.5 Å². The molecule has 4 rings (SSSR count). The fourth-order valence-electron chi connectivity index (χ4n) is 5.11. The second-order valence-electron chi connectivity index (χ2n) is 9.53. The molecule has 2 unspecified atom stereocenters. The predicted octanol–water partition coefficient (Wildman–Crippen LogP) is 3.27. The van der Waals surface area contributed by atoms with E-state index in [4.69, 9.17) is 9.26 Å². The van der Waals surface area contributed by atoms with Crippen molar-refractivity contribution < 1.29 is 33.0 Å². The minimum absolute atomic E-state index is 0.0951. The molecule has 10 nitrogen and oxygen atoms in total. The van der Waals surface area contributed by atoms with Crippen LogP contribution in [0.5, 0.6) is 0 Å². The molecule has 2 aliphatic heterocycles. The highest BCUT2D eigenvalue weighted by Gasteiger charge is 2.44. The van der Waals surface area contributed by atoms with E-state index in [1.165, 1.54) is 9.80 Å². The number of hydrogen-bond acceptors (Lipinski definition) is 7. The number of ether oxygens (including phenoxy) is 1. The Bertz CT molecular complexity index is 1230.